The molecule has 0 fully saturated rings. The van der Waals surface area contributed by atoms with Crippen molar-refractivity contribution >= 4 is 17.4 Å². The van der Waals surface area contributed by atoms with Crippen LogP contribution in [0.3, 0.4) is 0 Å². The van der Waals surface area contributed by atoms with Crippen LogP contribution in [-0.4, -0.2) is 10.7 Å². The minimum atomic E-state index is -0.420. The van der Waals surface area contributed by atoms with Crippen LogP contribution in [0.15, 0.2) is 59.5 Å². The number of nitrogens with zero attached hydrogens (tertiary/aromatic N) is 2. The molecule has 1 atom stereocenters. The summed E-state index contributed by atoms with van der Waals surface area (Å²) in [4.78, 5) is 11.1. The third-order valence-corrected chi connectivity index (χ3v) is 3.93. The van der Waals surface area contributed by atoms with Gasteiger partial charge in [-0.05, 0) is 17.7 Å². The zero-order valence-corrected chi connectivity index (χ0v) is 11.4. The van der Waals surface area contributed by atoms with Gasteiger partial charge < -0.3 is 0 Å². The molecule has 0 aliphatic rings. The van der Waals surface area contributed by atoms with Crippen molar-refractivity contribution in [1.82, 2.24) is 0 Å². The Labute approximate surface area is 121 Å². The van der Waals surface area contributed by atoms with Gasteiger partial charge in [0.15, 0.2) is 0 Å². The lowest BCUT2D eigenvalue weighted by Gasteiger charge is -2.08. The number of hydrogen-bond donors (Lipinski definition) is 0. The number of benzene rings is 2. The number of rotatable bonds is 5. The van der Waals surface area contributed by atoms with Gasteiger partial charge in [0.2, 0.25) is 0 Å². The van der Waals surface area contributed by atoms with Gasteiger partial charge >= 0.3 is 0 Å². The predicted molar refractivity (Wildman–Crippen MR) is 78.6 cm³/mol. The monoisotopic (exact) mass is 284 g/mol. The Kier molecular flexibility index (Phi) is 4.75. The fourth-order valence-electron chi connectivity index (χ4n) is 1.74. The number of nitriles is 1. The van der Waals surface area contributed by atoms with Crippen molar-refractivity contribution in [2.24, 2.45) is 0 Å². The van der Waals surface area contributed by atoms with E-state index in [1.165, 1.54) is 23.9 Å². The molecule has 2 aromatic rings. The molecule has 0 aliphatic carbocycles. The van der Waals surface area contributed by atoms with Gasteiger partial charge in [0.1, 0.15) is 0 Å². The maximum atomic E-state index is 10.6. The second-order valence-corrected chi connectivity index (χ2v) is 5.25. The maximum Gasteiger partial charge on any atom is 0.269 e. The first-order valence-corrected chi connectivity index (χ1v) is 7.01. The lowest BCUT2D eigenvalue weighted by Crippen LogP contribution is -1.98. The Bertz CT molecular complexity index is 621. The molecular weight excluding hydrogens is 272 g/mol. The smallest absolute Gasteiger partial charge is 0.258 e. The van der Waals surface area contributed by atoms with Crippen molar-refractivity contribution in [3.8, 4) is 6.07 Å². The van der Waals surface area contributed by atoms with Crippen LogP contribution in [0.1, 0.15) is 11.5 Å². The van der Waals surface area contributed by atoms with Crippen molar-refractivity contribution in [1.29, 1.82) is 5.26 Å². The Balaban J connectivity index is 2.00. The Morgan fingerprint density at radius 2 is 1.80 bits per heavy atom. The second-order valence-electron chi connectivity index (χ2n) is 4.15. The van der Waals surface area contributed by atoms with Crippen LogP contribution >= 0.6 is 11.8 Å². The van der Waals surface area contributed by atoms with Gasteiger partial charge in [-0.3, -0.25) is 10.1 Å². The zero-order valence-electron chi connectivity index (χ0n) is 10.6. The Morgan fingerprint density at radius 1 is 1.15 bits per heavy atom. The molecule has 1 unspecified atom stereocenters. The number of thioether (sulfide) groups is 1. The van der Waals surface area contributed by atoms with E-state index in [-0.39, 0.29) is 11.6 Å². The molecule has 2 aromatic carbocycles. The molecule has 0 saturated heterocycles. The summed E-state index contributed by atoms with van der Waals surface area (Å²) in [5, 5.41) is 19.8. The molecule has 5 heteroatoms. The lowest BCUT2D eigenvalue weighted by atomic mass is 10.0. The molecule has 0 bridgehead atoms. The van der Waals surface area contributed by atoms with Crippen LogP contribution in [0.25, 0.3) is 0 Å². The summed E-state index contributed by atoms with van der Waals surface area (Å²) in [6, 6.07) is 18.3. The summed E-state index contributed by atoms with van der Waals surface area (Å²) in [6.45, 7) is 0. The van der Waals surface area contributed by atoms with E-state index >= 15 is 0 Å². The van der Waals surface area contributed by atoms with Gasteiger partial charge in [0.05, 0.1) is 16.9 Å². The standard InChI is InChI=1S/C15H12N2O2S/c16-10-13(12-4-2-1-3-5-12)11-20-15-8-6-14(7-9-15)17(18)19/h1-9,13H,11H2. The minimum Gasteiger partial charge on any atom is -0.258 e. The van der Waals surface area contributed by atoms with Crippen molar-refractivity contribution in [3.63, 3.8) is 0 Å². The molecular formula is C15H12N2O2S. The summed E-state index contributed by atoms with van der Waals surface area (Å²) in [6.07, 6.45) is 0. The summed E-state index contributed by atoms with van der Waals surface area (Å²) >= 11 is 1.52. The first-order valence-electron chi connectivity index (χ1n) is 6.02. The summed E-state index contributed by atoms with van der Waals surface area (Å²) < 4.78 is 0. The first kappa shape index (κ1) is 14.1. The maximum absolute atomic E-state index is 10.6. The summed E-state index contributed by atoms with van der Waals surface area (Å²) in [7, 11) is 0. The van der Waals surface area contributed by atoms with Crippen molar-refractivity contribution < 1.29 is 4.92 Å². The fraction of sp³-hybridized carbons (Fsp3) is 0.133. The van der Waals surface area contributed by atoms with E-state index in [0.29, 0.717) is 5.75 Å². The van der Waals surface area contributed by atoms with Crippen LogP contribution in [0.5, 0.6) is 0 Å². The second kappa shape index (κ2) is 6.73. The summed E-state index contributed by atoms with van der Waals surface area (Å²) in [5.41, 5.74) is 1.07. The molecule has 0 aliphatic heterocycles. The topological polar surface area (TPSA) is 66.9 Å². The van der Waals surface area contributed by atoms with E-state index in [1.54, 1.807) is 12.1 Å². The quantitative estimate of drug-likeness (QED) is 0.473. The van der Waals surface area contributed by atoms with E-state index in [4.69, 9.17) is 0 Å². The SMILES string of the molecule is N#CC(CSc1ccc([N+](=O)[O-])cc1)c1ccccc1. The fourth-order valence-corrected chi connectivity index (χ4v) is 2.69. The molecule has 0 saturated carbocycles. The molecule has 0 radical (unpaired) electrons. The predicted octanol–water partition coefficient (Wildman–Crippen LogP) is 3.99. The van der Waals surface area contributed by atoms with Gasteiger partial charge in [-0.25, -0.2) is 0 Å². The molecule has 0 heterocycles. The Morgan fingerprint density at radius 3 is 2.35 bits per heavy atom. The highest BCUT2D eigenvalue weighted by molar-refractivity contribution is 7.99. The molecule has 0 aromatic heterocycles. The largest absolute Gasteiger partial charge is 0.269 e. The van der Waals surface area contributed by atoms with E-state index in [0.717, 1.165) is 10.5 Å². The highest BCUT2D eigenvalue weighted by Gasteiger charge is 2.11. The highest BCUT2D eigenvalue weighted by Crippen LogP contribution is 2.27. The van der Waals surface area contributed by atoms with E-state index in [2.05, 4.69) is 6.07 Å². The third kappa shape index (κ3) is 3.59. The number of hydrogen-bond acceptors (Lipinski definition) is 4. The van der Waals surface area contributed by atoms with Crippen LogP contribution < -0.4 is 0 Å². The normalized spacial score (nSPS) is 11.6. The van der Waals surface area contributed by atoms with Crippen molar-refractivity contribution in [2.75, 3.05) is 5.75 Å². The molecule has 100 valence electrons. The highest BCUT2D eigenvalue weighted by atomic mass is 32.2. The van der Waals surface area contributed by atoms with Crippen LogP contribution in [0.4, 0.5) is 5.69 Å². The molecule has 4 nitrogen and oxygen atoms in total. The number of nitro groups is 1. The van der Waals surface area contributed by atoms with Crippen LogP contribution in [-0.2, 0) is 0 Å². The van der Waals surface area contributed by atoms with Gasteiger partial charge in [-0.1, -0.05) is 30.3 Å². The van der Waals surface area contributed by atoms with Gasteiger partial charge in [0, 0.05) is 22.8 Å². The van der Waals surface area contributed by atoms with Gasteiger partial charge in [0.25, 0.3) is 5.69 Å². The van der Waals surface area contributed by atoms with E-state index in [9.17, 15) is 15.4 Å². The minimum absolute atomic E-state index is 0.0780. The first-order chi connectivity index (χ1) is 9.70. The zero-order chi connectivity index (χ0) is 14.4. The average Bonchev–Trinajstić information content (AvgIpc) is 2.49. The molecule has 0 amide bonds. The third-order valence-electron chi connectivity index (χ3n) is 2.82. The number of non-ortho nitro benzene ring substituents is 1. The van der Waals surface area contributed by atoms with Crippen LogP contribution in [0, 0.1) is 21.4 Å². The van der Waals surface area contributed by atoms with Gasteiger partial charge in [-0.2, -0.15) is 5.26 Å². The Hall–Kier alpha value is -2.32. The molecule has 20 heavy (non-hydrogen) atoms. The summed E-state index contributed by atoms with van der Waals surface area (Å²) in [5.74, 6) is 0.439. The van der Waals surface area contributed by atoms with Crippen LogP contribution in [0.2, 0.25) is 0 Å². The average molecular weight is 284 g/mol. The van der Waals surface area contributed by atoms with E-state index < -0.39 is 4.92 Å². The van der Waals surface area contributed by atoms with E-state index in [1.807, 2.05) is 30.3 Å². The molecule has 2 rings (SSSR count). The molecule has 0 N–H and O–H groups in total. The van der Waals surface area contributed by atoms with Gasteiger partial charge in [-0.15, -0.1) is 11.8 Å². The number of nitro benzene ring substituents is 1. The lowest BCUT2D eigenvalue weighted by molar-refractivity contribution is -0.384. The van der Waals surface area contributed by atoms with Crippen molar-refractivity contribution in [3.05, 3.63) is 70.3 Å². The molecule has 0 spiro atoms. The van der Waals surface area contributed by atoms with Crippen molar-refractivity contribution in [2.45, 2.75) is 10.8 Å².